The summed E-state index contributed by atoms with van der Waals surface area (Å²) in [6.45, 7) is 2.24. The van der Waals surface area contributed by atoms with E-state index in [1.54, 1.807) is 24.3 Å². The average molecular weight is 264 g/mol. The molecule has 2 N–H and O–H groups in total. The zero-order chi connectivity index (χ0) is 14.1. The van der Waals surface area contributed by atoms with Gasteiger partial charge in [-0.3, -0.25) is 0 Å². The van der Waals surface area contributed by atoms with E-state index in [0.717, 1.165) is 24.0 Å². The Bertz CT molecular complexity index is 438. The lowest BCUT2D eigenvalue weighted by molar-refractivity contribution is -0.137. The van der Waals surface area contributed by atoms with Gasteiger partial charge in [-0.25, -0.2) is 4.79 Å². The van der Waals surface area contributed by atoms with E-state index in [1.165, 1.54) is 6.08 Å². The lowest BCUT2D eigenvalue weighted by atomic mass is 10.0. The highest BCUT2D eigenvalue weighted by molar-refractivity contribution is 5.87. The number of unbranched alkanes of at least 4 members (excludes halogenated alkanes) is 1. The topological polar surface area (TPSA) is 66.8 Å². The van der Waals surface area contributed by atoms with Crippen LogP contribution in [0.3, 0.4) is 0 Å². The van der Waals surface area contributed by atoms with Gasteiger partial charge >= 0.3 is 5.97 Å². The molecule has 1 aromatic rings. The normalized spacial score (nSPS) is 10.9. The average Bonchev–Trinajstić information content (AvgIpc) is 2.45. The molecule has 19 heavy (non-hydrogen) atoms. The summed E-state index contributed by atoms with van der Waals surface area (Å²) < 4.78 is 4.99. The maximum absolute atomic E-state index is 11.4. The van der Waals surface area contributed by atoms with Crippen LogP contribution in [0.5, 0.6) is 0 Å². The number of carbonyl (C=O) groups excluding carboxylic acids is 1. The highest BCUT2D eigenvalue weighted by Crippen LogP contribution is 2.14. The summed E-state index contributed by atoms with van der Waals surface area (Å²) in [6.07, 6.45) is 4.80. The minimum absolute atomic E-state index is 0.0734. The molecule has 0 heterocycles. The van der Waals surface area contributed by atoms with E-state index in [1.807, 2.05) is 6.92 Å². The third-order valence-corrected chi connectivity index (χ3v) is 2.70. The second kappa shape index (κ2) is 8.45. The van der Waals surface area contributed by atoms with Gasteiger partial charge in [-0.1, -0.05) is 31.5 Å². The second-order valence-corrected chi connectivity index (χ2v) is 4.20. The fourth-order valence-corrected chi connectivity index (χ4v) is 1.58. The van der Waals surface area contributed by atoms with Crippen LogP contribution >= 0.6 is 0 Å². The van der Waals surface area contributed by atoms with Gasteiger partial charge in [0.1, 0.15) is 0 Å². The van der Waals surface area contributed by atoms with Crippen molar-refractivity contribution in [3.8, 4) is 0 Å². The quantitative estimate of drug-likeness (QED) is 0.449. The second-order valence-electron chi connectivity index (χ2n) is 4.20. The summed E-state index contributed by atoms with van der Waals surface area (Å²) in [7, 11) is 0. The van der Waals surface area contributed by atoms with Crippen LogP contribution in [0.4, 0.5) is 0 Å². The lowest BCUT2D eigenvalue weighted by Crippen LogP contribution is -2.02. The monoisotopic (exact) mass is 264 g/mol. The van der Waals surface area contributed by atoms with Gasteiger partial charge < -0.3 is 14.9 Å². The highest BCUT2D eigenvalue weighted by Gasteiger charge is 2.02. The number of esters is 1. The molecular weight excluding hydrogens is 244 g/mol. The van der Waals surface area contributed by atoms with Crippen molar-refractivity contribution in [2.75, 3.05) is 6.61 Å². The summed E-state index contributed by atoms with van der Waals surface area (Å²) in [6, 6.07) is 5.22. The van der Waals surface area contributed by atoms with Crippen LogP contribution in [0.25, 0.3) is 6.08 Å². The third-order valence-electron chi connectivity index (χ3n) is 2.70. The summed E-state index contributed by atoms with van der Waals surface area (Å²) in [5.74, 6) is -0.386. The van der Waals surface area contributed by atoms with Crippen molar-refractivity contribution < 1.29 is 19.7 Å². The SMILES string of the molecule is CCCCOC(=O)/C=C/c1ccc(CO)cc1CO. The number of ether oxygens (including phenoxy) is 1. The van der Waals surface area contributed by atoms with Crippen molar-refractivity contribution in [2.24, 2.45) is 0 Å². The maximum atomic E-state index is 11.4. The van der Waals surface area contributed by atoms with Crippen molar-refractivity contribution >= 4 is 12.0 Å². The molecule has 1 rings (SSSR count). The highest BCUT2D eigenvalue weighted by atomic mass is 16.5. The summed E-state index contributed by atoms with van der Waals surface area (Å²) in [5, 5.41) is 18.3. The molecule has 0 unspecified atom stereocenters. The van der Waals surface area contributed by atoms with Crippen LogP contribution in [0.15, 0.2) is 24.3 Å². The first kappa shape index (κ1) is 15.4. The Morgan fingerprint density at radius 1 is 1.32 bits per heavy atom. The van der Waals surface area contributed by atoms with Crippen LogP contribution < -0.4 is 0 Å². The smallest absolute Gasteiger partial charge is 0.330 e. The van der Waals surface area contributed by atoms with Gasteiger partial charge in [0.2, 0.25) is 0 Å². The summed E-state index contributed by atoms with van der Waals surface area (Å²) in [4.78, 5) is 11.4. The minimum Gasteiger partial charge on any atom is -0.463 e. The zero-order valence-corrected chi connectivity index (χ0v) is 11.1. The fraction of sp³-hybridized carbons (Fsp3) is 0.400. The number of aliphatic hydroxyl groups excluding tert-OH is 2. The summed E-state index contributed by atoms with van der Waals surface area (Å²) in [5.41, 5.74) is 2.14. The molecule has 0 aliphatic carbocycles. The molecule has 0 aromatic heterocycles. The first-order valence-electron chi connectivity index (χ1n) is 6.39. The summed E-state index contributed by atoms with van der Waals surface area (Å²) >= 11 is 0. The number of aliphatic hydroxyl groups is 2. The van der Waals surface area contributed by atoms with Crippen molar-refractivity contribution in [3.05, 3.63) is 41.0 Å². The van der Waals surface area contributed by atoms with Crippen molar-refractivity contribution in [3.63, 3.8) is 0 Å². The molecule has 0 spiro atoms. The van der Waals surface area contributed by atoms with Gasteiger partial charge in [0, 0.05) is 6.08 Å². The van der Waals surface area contributed by atoms with E-state index in [2.05, 4.69) is 0 Å². The molecule has 0 atom stereocenters. The van der Waals surface area contributed by atoms with Gasteiger partial charge in [-0.05, 0) is 29.2 Å². The molecule has 0 aliphatic heterocycles. The van der Waals surface area contributed by atoms with Gasteiger partial charge in [0.15, 0.2) is 0 Å². The predicted octanol–water partition coefficient (Wildman–Crippen LogP) is 2.03. The fourth-order valence-electron chi connectivity index (χ4n) is 1.58. The van der Waals surface area contributed by atoms with E-state index in [-0.39, 0.29) is 19.2 Å². The molecular formula is C15H20O4. The number of hydrogen-bond donors (Lipinski definition) is 2. The van der Waals surface area contributed by atoms with E-state index >= 15 is 0 Å². The number of carbonyl (C=O) groups is 1. The van der Waals surface area contributed by atoms with Crippen LogP contribution in [0.2, 0.25) is 0 Å². The maximum Gasteiger partial charge on any atom is 0.330 e. The molecule has 0 bridgehead atoms. The Morgan fingerprint density at radius 3 is 2.74 bits per heavy atom. The van der Waals surface area contributed by atoms with Gasteiger partial charge in [-0.15, -0.1) is 0 Å². The Labute approximate surface area is 113 Å². The first-order chi connectivity index (χ1) is 9.21. The minimum atomic E-state index is -0.386. The first-order valence-corrected chi connectivity index (χ1v) is 6.39. The Balaban J connectivity index is 2.67. The molecule has 0 fully saturated rings. The van der Waals surface area contributed by atoms with E-state index in [4.69, 9.17) is 9.84 Å². The molecule has 0 radical (unpaired) electrons. The van der Waals surface area contributed by atoms with Crippen LogP contribution in [0.1, 0.15) is 36.5 Å². The van der Waals surface area contributed by atoms with Gasteiger partial charge in [0.25, 0.3) is 0 Å². The Hall–Kier alpha value is -1.65. The number of hydrogen-bond acceptors (Lipinski definition) is 4. The van der Waals surface area contributed by atoms with Gasteiger partial charge in [-0.2, -0.15) is 0 Å². The van der Waals surface area contributed by atoms with Gasteiger partial charge in [0.05, 0.1) is 19.8 Å². The molecule has 0 saturated carbocycles. The molecule has 0 saturated heterocycles. The van der Waals surface area contributed by atoms with E-state index in [9.17, 15) is 9.90 Å². The van der Waals surface area contributed by atoms with Crippen LogP contribution in [-0.4, -0.2) is 22.8 Å². The molecule has 4 heteroatoms. The number of benzene rings is 1. The largest absolute Gasteiger partial charge is 0.463 e. The lowest BCUT2D eigenvalue weighted by Gasteiger charge is -2.05. The standard InChI is InChI=1S/C15H20O4/c1-2-3-8-19-15(18)7-6-13-5-4-12(10-16)9-14(13)11-17/h4-7,9,16-17H,2-3,8,10-11H2,1H3/b7-6+. The van der Waals surface area contributed by atoms with Crippen LogP contribution in [-0.2, 0) is 22.7 Å². The van der Waals surface area contributed by atoms with Crippen molar-refractivity contribution in [2.45, 2.75) is 33.0 Å². The van der Waals surface area contributed by atoms with Crippen molar-refractivity contribution in [1.82, 2.24) is 0 Å². The molecule has 4 nitrogen and oxygen atoms in total. The third kappa shape index (κ3) is 5.24. The van der Waals surface area contributed by atoms with Crippen molar-refractivity contribution in [1.29, 1.82) is 0 Å². The zero-order valence-electron chi connectivity index (χ0n) is 11.1. The van der Waals surface area contributed by atoms with E-state index < -0.39 is 0 Å². The molecule has 0 amide bonds. The molecule has 0 aliphatic rings. The molecule has 1 aromatic carbocycles. The Kier molecular flexibility index (Phi) is 6.85. The molecule has 104 valence electrons. The Morgan fingerprint density at radius 2 is 2.11 bits per heavy atom. The van der Waals surface area contributed by atoms with E-state index in [0.29, 0.717) is 12.2 Å². The van der Waals surface area contributed by atoms with Crippen LogP contribution in [0, 0.1) is 0 Å². The number of rotatable bonds is 7. The predicted molar refractivity (Wildman–Crippen MR) is 73.2 cm³/mol.